The van der Waals surface area contributed by atoms with Gasteiger partial charge >= 0.3 is 0 Å². The molecular weight excluding hydrogens is 277 g/mol. The molecule has 0 N–H and O–H groups in total. The molecule has 0 spiro atoms. The summed E-state index contributed by atoms with van der Waals surface area (Å²) in [5.74, 6) is -0.115. The van der Waals surface area contributed by atoms with E-state index in [0.717, 1.165) is 18.9 Å². The van der Waals surface area contributed by atoms with Crippen molar-refractivity contribution in [2.45, 2.75) is 17.7 Å². The number of alkyl halides is 1. The average molecular weight is 292 g/mol. The number of hydrogen-bond donors (Lipinski definition) is 0. The van der Waals surface area contributed by atoms with Crippen LogP contribution in [0.3, 0.4) is 0 Å². The number of nitrogens with zero attached hydrogens (tertiary/aromatic N) is 1. The molecule has 0 amide bonds. The molecule has 1 atom stereocenters. The molecule has 0 saturated carbocycles. The first-order chi connectivity index (χ1) is 8.55. The van der Waals surface area contributed by atoms with Gasteiger partial charge in [0.2, 0.25) is 10.0 Å². The number of benzene rings is 1. The summed E-state index contributed by atoms with van der Waals surface area (Å²) in [6, 6.07) is 5.47. The summed E-state index contributed by atoms with van der Waals surface area (Å²) in [7, 11) is -3.74. The summed E-state index contributed by atoms with van der Waals surface area (Å²) in [4.78, 5) is -0.250. The first-order valence-electron chi connectivity index (χ1n) is 5.86. The highest BCUT2D eigenvalue weighted by Crippen LogP contribution is 2.25. The zero-order chi connectivity index (χ0) is 13.2. The highest BCUT2D eigenvalue weighted by atomic mass is 35.5. The van der Waals surface area contributed by atoms with Gasteiger partial charge in [-0.3, -0.25) is 0 Å². The fraction of sp³-hybridized carbons (Fsp3) is 0.500. The van der Waals surface area contributed by atoms with Gasteiger partial charge in [0.25, 0.3) is 0 Å². The van der Waals surface area contributed by atoms with Crippen molar-refractivity contribution in [1.29, 1.82) is 0 Å². The molecule has 1 saturated heterocycles. The quantitative estimate of drug-likeness (QED) is 0.802. The summed E-state index contributed by atoms with van der Waals surface area (Å²) in [6.45, 7) is 0.810. The molecule has 1 fully saturated rings. The number of piperidine rings is 1. The van der Waals surface area contributed by atoms with Crippen LogP contribution < -0.4 is 0 Å². The van der Waals surface area contributed by atoms with E-state index in [0.29, 0.717) is 19.0 Å². The van der Waals surface area contributed by atoms with Gasteiger partial charge in [-0.05, 0) is 30.9 Å². The Kier molecular flexibility index (Phi) is 4.25. The van der Waals surface area contributed by atoms with E-state index in [9.17, 15) is 12.8 Å². The number of sulfonamides is 1. The Hall–Kier alpha value is -0.650. The Balaban J connectivity index is 2.29. The van der Waals surface area contributed by atoms with Crippen LogP contribution in [0.2, 0.25) is 0 Å². The standard InChI is InChI=1S/C12H15ClFNO2S/c13-8-10-4-3-7-15(9-10)18(16,17)12-6-2-1-5-11(12)14/h1-2,5-6,10H,3-4,7-9H2. The van der Waals surface area contributed by atoms with Crippen LogP contribution >= 0.6 is 11.6 Å². The van der Waals surface area contributed by atoms with Gasteiger partial charge in [-0.2, -0.15) is 4.31 Å². The molecule has 1 aromatic carbocycles. The minimum absolute atomic E-state index is 0.155. The third kappa shape index (κ3) is 2.68. The smallest absolute Gasteiger partial charge is 0.207 e. The Morgan fingerprint density at radius 3 is 2.78 bits per heavy atom. The Labute approximate surface area is 112 Å². The van der Waals surface area contributed by atoms with Gasteiger partial charge in [-0.1, -0.05) is 12.1 Å². The van der Waals surface area contributed by atoms with Gasteiger partial charge in [-0.25, -0.2) is 12.8 Å². The minimum atomic E-state index is -3.74. The highest BCUT2D eigenvalue weighted by Gasteiger charge is 2.31. The van der Waals surface area contributed by atoms with Crippen LogP contribution in [0.15, 0.2) is 29.2 Å². The van der Waals surface area contributed by atoms with E-state index < -0.39 is 15.8 Å². The van der Waals surface area contributed by atoms with Crippen LogP contribution in [-0.4, -0.2) is 31.7 Å². The van der Waals surface area contributed by atoms with Gasteiger partial charge in [0.05, 0.1) is 0 Å². The van der Waals surface area contributed by atoms with Crippen molar-refractivity contribution in [2.75, 3.05) is 19.0 Å². The van der Waals surface area contributed by atoms with Crippen molar-refractivity contribution in [3.63, 3.8) is 0 Å². The Morgan fingerprint density at radius 2 is 2.11 bits per heavy atom. The lowest BCUT2D eigenvalue weighted by Gasteiger charge is -2.30. The molecule has 0 radical (unpaired) electrons. The normalized spacial score (nSPS) is 22.0. The van der Waals surface area contributed by atoms with Crippen molar-refractivity contribution in [3.05, 3.63) is 30.1 Å². The lowest BCUT2D eigenvalue weighted by Crippen LogP contribution is -2.40. The predicted octanol–water partition coefficient (Wildman–Crippen LogP) is 2.47. The van der Waals surface area contributed by atoms with E-state index in [4.69, 9.17) is 11.6 Å². The van der Waals surface area contributed by atoms with Gasteiger partial charge in [0.15, 0.2) is 0 Å². The first-order valence-corrected chi connectivity index (χ1v) is 7.84. The van der Waals surface area contributed by atoms with E-state index in [1.54, 1.807) is 0 Å². The molecule has 6 heteroatoms. The van der Waals surface area contributed by atoms with E-state index in [1.807, 2.05) is 0 Å². The molecule has 100 valence electrons. The van der Waals surface area contributed by atoms with Gasteiger partial charge in [-0.15, -0.1) is 11.6 Å². The van der Waals surface area contributed by atoms with E-state index in [1.165, 1.54) is 22.5 Å². The zero-order valence-corrected chi connectivity index (χ0v) is 11.4. The number of rotatable bonds is 3. The summed E-state index contributed by atoms with van der Waals surface area (Å²) in [6.07, 6.45) is 1.69. The molecule has 3 nitrogen and oxygen atoms in total. The maximum absolute atomic E-state index is 13.6. The Morgan fingerprint density at radius 1 is 1.39 bits per heavy atom. The third-order valence-electron chi connectivity index (χ3n) is 3.15. The maximum Gasteiger partial charge on any atom is 0.245 e. The van der Waals surface area contributed by atoms with Gasteiger partial charge < -0.3 is 0 Å². The van der Waals surface area contributed by atoms with Crippen LogP contribution in [-0.2, 0) is 10.0 Å². The van der Waals surface area contributed by atoms with Crippen LogP contribution in [0.25, 0.3) is 0 Å². The molecular formula is C12H15ClFNO2S. The fourth-order valence-corrected chi connectivity index (χ4v) is 4.04. The first kappa shape index (κ1) is 13.8. The molecule has 1 aromatic rings. The second-order valence-corrected chi connectivity index (χ2v) is 6.67. The fourth-order valence-electron chi connectivity index (χ4n) is 2.16. The molecule has 1 unspecified atom stereocenters. The van der Waals surface area contributed by atoms with Crippen LogP contribution in [0.5, 0.6) is 0 Å². The zero-order valence-electron chi connectivity index (χ0n) is 9.85. The van der Waals surface area contributed by atoms with E-state index in [-0.39, 0.29) is 10.8 Å². The topological polar surface area (TPSA) is 37.4 Å². The molecule has 0 bridgehead atoms. The average Bonchev–Trinajstić information content (AvgIpc) is 2.39. The maximum atomic E-state index is 13.6. The lowest BCUT2D eigenvalue weighted by atomic mass is 10.0. The van der Waals surface area contributed by atoms with Crippen LogP contribution in [0.4, 0.5) is 4.39 Å². The molecule has 2 rings (SSSR count). The van der Waals surface area contributed by atoms with Crippen molar-refractivity contribution < 1.29 is 12.8 Å². The number of hydrogen-bond acceptors (Lipinski definition) is 2. The monoisotopic (exact) mass is 291 g/mol. The second kappa shape index (κ2) is 5.55. The highest BCUT2D eigenvalue weighted by molar-refractivity contribution is 7.89. The van der Waals surface area contributed by atoms with Gasteiger partial charge in [0.1, 0.15) is 10.7 Å². The predicted molar refractivity (Wildman–Crippen MR) is 68.6 cm³/mol. The van der Waals surface area contributed by atoms with Crippen LogP contribution in [0, 0.1) is 11.7 Å². The van der Waals surface area contributed by atoms with Gasteiger partial charge in [0, 0.05) is 19.0 Å². The minimum Gasteiger partial charge on any atom is -0.207 e. The SMILES string of the molecule is O=S(=O)(c1ccccc1F)N1CCCC(CCl)C1. The lowest BCUT2D eigenvalue weighted by molar-refractivity contribution is 0.282. The van der Waals surface area contributed by atoms with Crippen molar-refractivity contribution in [3.8, 4) is 0 Å². The van der Waals surface area contributed by atoms with Crippen molar-refractivity contribution >= 4 is 21.6 Å². The molecule has 0 aromatic heterocycles. The molecule has 0 aliphatic carbocycles. The summed E-state index contributed by atoms with van der Waals surface area (Å²) >= 11 is 5.78. The molecule has 18 heavy (non-hydrogen) atoms. The van der Waals surface area contributed by atoms with Crippen LogP contribution in [0.1, 0.15) is 12.8 Å². The summed E-state index contributed by atoms with van der Waals surface area (Å²) < 4.78 is 39.5. The van der Waals surface area contributed by atoms with Crippen molar-refractivity contribution in [1.82, 2.24) is 4.31 Å². The third-order valence-corrected chi connectivity index (χ3v) is 5.49. The molecule has 1 aliphatic rings. The van der Waals surface area contributed by atoms with E-state index >= 15 is 0 Å². The van der Waals surface area contributed by atoms with Crippen molar-refractivity contribution in [2.24, 2.45) is 5.92 Å². The molecule has 1 aliphatic heterocycles. The second-order valence-electron chi connectivity index (χ2n) is 4.46. The largest absolute Gasteiger partial charge is 0.245 e. The Bertz CT molecular complexity index is 521. The van der Waals surface area contributed by atoms with E-state index in [2.05, 4.69) is 0 Å². The molecule has 1 heterocycles. The summed E-state index contributed by atoms with van der Waals surface area (Å²) in [5, 5.41) is 0. The number of halogens is 2. The summed E-state index contributed by atoms with van der Waals surface area (Å²) in [5.41, 5.74) is 0.